The summed E-state index contributed by atoms with van der Waals surface area (Å²) in [7, 11) is -3.64. The summed E-state index contributed by atoms with van der Waals surface area (Å²) in [5.41, 5.74) is 1.18. The van der Waals surface area contributed by atoms with E-state index in [1.54, 1.807) is 25.1 Å². The molecule has 2 aromatic rings. The molecule has 0 aliphatic carbocycles. The molecule has 21 heavy (non-hydrogen) atoms. The van der Waals surface area contributed by atoms with Crippen molar-refractivity contribution in [1.29, 1.82) is 0 Å². The Balaban J connectivity index is 2.05. The number of nitrogens with zero attached hydrogens (tertiary/aromatic N) is 3. The van der Waals surface area contributed by atoms with E-state index in [0.29, 0.717) is 5.69 Å². The second kappa shape index (κ2) is 6.02. The van der Waals surface area contributed by atoms with Gasteiger partial charge in [-0.25, -0.2) is 17.8 Å². The SMILES string of the molecule is Cc1cccc(S(=O)(=O)NCc2cn(CC(=O)O)nn2)c1. The van der Waals surface area contributed by atoms with Gasteiger partial charge in [0, 0.05) is 0 Å². The quantitative estimate of drug-likeness (QED) is 0.785. The maximum absolute atomic E-state index is 12.1. The van der Waals surface area contributed by atoms with Crippen molar-refractivity contribution in [1.82, 2.24) is 19.7 Å². The first kappa shape index (κ1) is 15.1. The molecule has 0 saturated carbocycles. The number of carboxylic acid groups (broad SMARTS) is 1. The van der Waals surface area contributed by atoms with Crippen LogP contribution in [0, 0.1) is 6.92 Å². The Kier molecular flexibility index (Phi) is 4.34. The fraction of sp³-hybridized carbons (Fsp3) is 0.250. The smallest absolute Gasteiger partial charge is 0.325 e. The normalized spacial score (nSPS) is 11.5. The Morgan fingerprint density at radius 1 is 1.43 bits per heavy atom. The zero-order chi connectivity index (χ0) is 15.5. The summed E-state index contributed by atoms with van der Waals surface area (Å²) in [6, 6.07) is 6.52. The number of aryl methyl sites for hydroxylation is 1. The Hall–Kier alpha value is -2.26. The number of hydrogen-bond donors (Lipinski definition) is 2. The first-order chi connectivity index (χ1) is 9.87. The Morgan fingerprint density at radius 3 is 2.86 bits per heavy atom. The van der Waals surface area contributed by atoms with E-state index >= 15 is 0 Å². The Morgan fingerprint density at radius 2 is 2.19 bits per heavy atom. The molecule has 0 saturated heterocycles. The van der Waals surface area contributed by atoms with Crippen molar-refractivity contribution < 1.29 is 18.3 Å². The fourth-order valence-electron chi connectivity index (χ4n) is 1.67. The van der Waals surface area contributed by atoms with Crippen molar-refractivity contribution in [3.63, 3.8) is 0 Å². The van der Waals surface area contributed by atoms with Gasteiger partial charge in [0.25, 0.3) is 0 Å². The highest BCUT2D eigenvalue weighted by molar-refractivity contribution is 7.89. The van der Waals surface area contributed by atoms with Gasteiger partial charge >= 0.3 is 5.97 Å². The van der Waals surface area contributed by atoms with Crippen LogP contribution < -0.4 is 4.72 Å². The molecular weight excluding hydrogens is 296 g/mol. The van der Waals surface area contributed by atoms with E-state index in [0.717, 1.165) is 10.2 Å². The van der Waals surface area contributed by atoms with E-state index in [2.05, 4.69) is 15.0 Å². The molecular formula is C12H14N4O4S. The summed E-state index contributed by atoms with van der Waals surface area (Å²) in [6.45, 7) is 1.42. The number of carboxylic acids is 1. The molecule has 1 aromatic heterocycles. The van der Waals surface area contributed by atoms with Crippen molar-refractivity contribution in [2.45, 2.75) is 24.9 Å². The fourth-order valence-corrected chi connectivity index (χ4v) is 2.77. The van der Waals surface area contributed by atoms with Crippen LogP contribution in [-0.4, -0.2) is 34.5 Å². The Bertz CT molecular complexity index is 754. The van der Waals surface area contributed by atoms with Crippen LogP contribution in [0.4, 0.5) is 0 Å². The minimum atomic E-state index is -3.64. The predicted molar refractivity (Wildman–Crippen MR) is 72.9 cm³/mol. The lowest BCUT2D eigenvalue weighted by atomic mass is 10.2. The van der Waals surface area contributed by atoms with Crippen LogP contribution in [0.15, 0.2) is 35.4 Å². The first-order valence-corrected chi connectivity index (χ1v) is 7.52. The zero-order valence-corrected chi connectivity index (χ0v) is 12.0. The van der Waals surface area contributed by atoms with Crippen LogP contribution in [0.5, 0.6) is 0 Å². The number of aliphatic carboxylic acids is 1. The van der Waals surface area contributed by atoms with Crippen LogP contribution in [0.25, 0.3) is 0 Å². The number of hydrogen-bond acceptors (Lipinski definition) is 5. The monoisotopic (exact) mass is 310 g/mol. The van der Waals surface area contributed by atoms with Gasteiger partial charge in [-0.05, 0) is 24.6 Å². The maximum Gasteiger partial charge on any atom is 0.325 e. The highest BCUT2D eigenvalue weighted by Gasteiger charge is 2.14. The molecule has 0 bridgehead atoms. The third-order valence-electron chi connectivity index (χ3n) is 2.63. The molecule has 2 N–H and O–H groups in total. The highest BCUT2D eigenvalue weighted by atomic mass is 32.2. The van der Waals surface area contributed by atoms with E-state index in [4.69, 9.17) is 5.11 Å². The average Bonchev–Trinajstić information content (AvgIpc) is 2.83. The summed E-state index contributed by atoms with van der Waals surface area (Å²) >= 11 is 0. The molecule has 0 aliphatic rings. The topological polar surface area (TPSA) is 114 Å². The van der Waals surface area contributed by atoms with Crippen LogP contribution >= 0.6 is 0 Å². The molecule has 0 radical (unpaired) electrons. The number of aromatic nitrogens is 3. The molecule has 2 rings (SSSR count). The zero-order valence-electron chi connectivity index (χ0n) is 11.2. The molecule has 0 spiro atoms. The Labute approximate surface area is 121 Å². The standard InChI is InChI=1S/C12H14N4O4S/c1-9-3-2-4-11(5-9)21(19,20)13-6-10-7-16(15-14-10)8-12(17)18/h2-5,7,13H,6,8H2,1H3,(H,17,18). The molecule has 1 aromatic carbocycles. The van der Waals surface area contributed by atoms with Gasteiger partial charge < -0.3 is 5.11 Å². The number of sulfonamides is 1. The molecule has 1 heterocycles. The van der Waals surface area contributed by atoms with Crippen molar-refractivity contribution in [2.75, 3.05) is 0 Å². The van der Waals surface area contributed by atoms with Crippen molar-refractivity contribution in [2.24, 2.45) is 0 Å². The maximum atomic E-state index is 12.1. The molecule has 0 amide bonds. The summed E-state index contributed by atoms with van der Waals surface area (Å²) in [6.07, 6.45) is 1.38. The van der Waals surface area contributed by atoms with E-state index in [1.165, 1.54) is 12.3 Å². The van der Waals surface area contributed by atoms with Gasteiger partial charge in [-0.2, -0.15) is 0 Å². The summed E-state index contributed by atoms with van der Waals surface area (Å²) in [4.78, 5) is 10.7. The molecule has 0 aliphatic heterocycles. The average molecular weight is 310 g/mol. The summed E-state index contributed by atoms with van der Waals surface area (Å²) < 4.78 is 27.7. The van der Waals surface area contributed by atoms with E-state index in [-0.39, 0.29) is 18.0 Å². The van der Waals surface area contributed by atoms with E-state index in [9.17, 15) is 13.2 Å². The molecule has 8 nitrogen and oxygen atoms in total. The van der Waals surface area contributed by atoms with Gasteiger partial charge in [0.1, 0.15) is 6.54 Å². The van der Waals surface area contributed by atoms with E-state index < -0.39 is 16.0 Å². The van der Waals surface area contributed by atoms with Crippen molar-refractivity contribution in [3.8, 4) is 0 Å². The molecule has 0 fully saturated rings. The molecule has 0 unspecified atom stereocenters. The van der Waals surface area contributed by atoms with Crippen LogP contribution in [0.3, 0.4) is 0 Å². The number of carbonyl (C=O) groups is 1. The van der Waals surface area contributed by atoms with E-state index in [1.807, 2.05) is 0 Å². The number of rotatable bonds is 6. The minimum absolute atomic E-state index is 0.0596. The molecule has 9 heteroatoms. The summed E-state index contributed by atoms with van der Waals surface area (Å²) in [5.74, 6) is -1.05. The molecule has 0 atom stereocenters. The second-order valence-electron chi connectivity index (χ2n) is 4.44. The lowest BCUT2D eigenvalue weighted by Gasteiger charge is -2.05. The van der Waals surface area contributed by atoms with Gasteiger partial charge in [0.2, 0.25) is 10.0 Å². The lowest BCUT2D eigenvalue weighted by molar-refractivity contribution is -0.137. The van der Waals surface area contributed by atoms with Gasteiger partial charge in [0.05, 0.1) is 23.3 Å². The highest BCUT2D eigenvalue weighted by Crippen LogP contribution is 2.11. The second-order valence-corrected chi connectivity index (χ2v) is 6.21. The predicted octanol–water partition coefficient (Wildman–Crippen LogP) is 0.150. The van der Waals surface area contributed by atoms with Crippen LogP contribution in [-0.2, 0) is 27.9 Å². The number of nitrogens with one attached hydrogen (secondary N) is 1. The largest absolute Gasteiger partial charge is 0.480 e. The van der Waals surface area contributed by atoms with Crippen LogP contribution in [0.1, 0.15) is 11.3 Å². The lowest BCUT2D eigenvalue weighted by Crippen LogP contribution is -2.23. The minimum Gasteiger partial charge on any atom is -0.480 e. The van der Waals surface area contributed by atoms with Gasteiger partial charge in [-0.15, -0.1) is 5.10 Å². The van der Waals surface area contributed by atoms with Crippen molar-refractivity contribution in [3.05, 3.63) is 41.7 Å². The number of benzene rings is 1. The third-order valence-corrected chi connectivity index (χ3v) is 4.03. The van der Waals surface area contributed by atoms with Crippen LogP contribution in [0.2, 0.25) is 0 Å². The van der Waals surface area contributed by atoms with Crippen molar-refractivity contribution >= 4 is 16.0 Å². The molecule has 112 valence electrons. The van der Waals surface area contributed by atoms with Gasteiger partial charge in [-0.3, -0.25) is 4.79 Å². The van der Waals surface area contributed by atoms with Gasteiger partial charge in [0.15, 0.2) is 0 Å². The third kappa shape index (κ3) is 4.10. The first-order valence-electron chi connectivity index (χ1n) is 6.04. The summed E-state index contributed by atoms with van der Waals surface area (Å²) in [5, 5.41) is 15.9. The van der Waals surface area contributed by atoms with Gasteiger partial charge in [-0.1, -0.05) is 17.3 Å².